The molecule has 0 fully saturated rings. The summed E-state index contributed by atoms with van der Waals surface area (Å²) in [4.78, 5) is 23.8. The van der Waals surface area contributed by atoms with E-state index in [1.54, 1.807) is 19.9 Å². The Morgan fingerprint density at radius 2 is 1.29 bits per heavy atom. The second-order valence-electron chi connectivity index (χ2n) is 6.19. The molecule has 1 aliphatic carbocycles. The molecule has 0 N–H and O–H groups in total. The maximum Gasteiger partial charge on any atom is 0.185 e. The Kier molecular flexibility index (Phi) is 8.26. The van der Waals surface area contributed by atoms with Crippen LogP contribution in [0.25, 0.3) is 0 Å². The van der Waals surface area contributed by atoms with Crippen LogP contribution >= 0.6 is 0 Å². The lowest BCUT2D eigenvalue weighted by Gasteiger charge is -2.14. The van der Waals surface area contributed by atoms with E-state index in [-0.39, 0.29) is 11.6 Å². The van der Waals surface area contributed by atoms with E-state index < -0.39 is 0 Å². The summed E-state index contributed by atoms with van der Waals surface area (Å²) in [6.07, 6.45) is 13.7. The SMILES string of the molecule is CCCCCCCCCCCC1=CC(=O)C(C)=C(C)C1=O. The molecule has 0 amide bonds. The molecule has 0 aliphatic heterocycles. The minimum absolute atomic E-state index is 0.0121. The van der Waals surface area contributed by atoms with E-state index in [0.29, 0.717) is 16.7 Å². The first-order valence-corrected chi connectivity index (χ1v) is 8.55. The predicted octanol–water partition coefficient (Wildman–Crippen LogP) is 5.32. The molecule has 21 heavy (non-hydrogen) atoms. The summed E-state index contributed by atoms with van der Waals surface area (Å²) in [6.45, 7) is 5.74. The maximum absolute atomic E-state index is 12.1. The highest BCUT2D eigenvalue weighted by Gasteiger charge is 2.22. The fraction of sp³-hybridized carbons (Fsp3) is 0.684. The fourth-order valence-corrected chi connectivity index (χ4v) is 2.74. The number of rotatable bonds is 10. The Hall–Kier alpha value is -1.18. The first kappa shape index (κ1) is 17.9. The van der Waals surface area contributed by atoms with Gasteiger partial charge in [0.25, 0.3) is 0 Å². The van der Waals surface area contributed by atoms with Crippen LogP contribution in [0.1, 0.15) is 85.0 Å². The highest BCUT2D eigenvalue weighted by molar-refractivity contribution is 6.22. The first-order chi connectivity index (χ1) is 10.1. The van der Waals surface area contributed by atoms with Gasteiger partial charge in [0, 0.05) is 16.7 Å². The number of unbranched alkanes of at least 4 members (excludes halogenated alkanes) is 8. The lowest BCUT2D eigenvalue weighted by Crippen LogP contribution is -2.16. The van der Waals surface area contributed by atoms with E-state index in [1.807, 2.05) is 0 Å². The van der Waals surface area contributed by atoms with Crippen molar-refractivity contribution in [3.8, 4) is 0 Å². The molecule has 0 saturated carbocycles. The van der Waals surface area contributed by atoms with Gasteiger partial charge < -0.3 is 0 Å². The van der Waals surface area contributed by atoms with Gasteiger partial charge in [-0.1, -0.05) is 58.3 Å². The van der Waals surface area contributed by atoms with Crippen LogP contribution in [0.3, 0.4) is 0 Å². The third-order valence-electron chi connectivity index (χ3n) is 4.42. The van der Waals surface area contributed by atoms with Gasteiger partial charge >= 0.3 is 0 Å². The van der Waals surface area contributed by atoms with E-state index >= 15 is 0 Å². The average molecular weight is 290 g/mol. The van der Waals surface area contributed by atoms with Crippen LogP contribution in [0.5, 0.6) is 0 Å². The Morgan fingerprint density at radius 3 is 1.86 bits per heavy atom. The van der Waals surface area contributed by atoms with Crippen molar-refractivity contribution in [2.24, 2.45) is 0 Å². The van der Waals surface area contributed by atoms with Crippen LogP contribution in [0.4, 0.5) is 0 Å². The summed E-state index contributed by atoms with van der Waals surface area (Å²) in [5.41, 5.74) is 1.95. The third kappa shape index (κ3) is 5.99. The van der Waals surface area contributed by atoms with Crippen molar-refractivity contribution in [1.29, 1.82) is 0 Å². The smallest absolute Gasteiger partial charge is 0.185 e. The number of hydrogen-bond donors (Lipinski definition) is 0. The third-order valence-corrected chi connectivity index (χ3v) is 4.42. The molecule has 2 heteroatoms. The molecule has 1 aliphatic rings. The number of allylic oxidation sites excluding steroid dienone is 4. The molecule has 0 aromatic rings. The quantitative estimate of drug-likeness (QED) is 0.403. The molecule has 2 nitrogen and oxygen atoms in total. The molecule has 1 rings (SSSR count). The van der Waals surface area contributed by atoms with Crippen LogP contribution < -0.4 is 0 Å². The zero-order valence-electron chi connectivity index (χ0n) is 14.0. The summed E-state index contributed by atoms with van der Waals surface area (Å²) in [6, 6.07) is 0. The standard InChI is InChI=1S/C19H30O2/c1-4-5-6-7-8-9-10-11-12-13-17-14-18(20)15(2)16(3)19(17)21/h14H,4-13H2,1-3H3. The van der Waals surface area contributed by atoms with Gasteiger partial charge in [0.05, 0.1) is 0 Å². The fourth-order valence-electron chi connectivity index (χ4n) is 2.74. The van der Waals surface area contributed by atoms with Gasteiger partial charge in [0.15, 0.2) is 11.6 Å². The molecular weight excluding hydrogens is 260 g/mol. The minimum Gasteiger partial charge on any atom is -0.290 e. The van der Waals surface area contributed by atoms with E-state index in [2.05, 4.69) is 6.92 Å². The maximum atomic E-state index is 12.1. The van der Waals surface area contributed by atoms with Crippen LogP contribution in [-0.2, 0) is 9.59 Å². The van der Waals surface area contributed by atoms with Gasteiger partial charge in [-0.2, -0.15) is 0 Å². The Morgan fingerprint density at radius 1 is 0.762 bits per heavy atom. The lowest BCUT2D eigenvalue weighted by molar-refractivity contribution is -0.116. The van der Waals surface area contributed by atoms with Crippen LogP contribution in [0.2, 0.25) is 0 Å². The second kappa shape index (κ2) is 9.70. The number of carbonyl (C=O) groups is 2. The molecule has 0 atom stereocenters. The molecule has 0 unspecified atom stereocenters. The molecule has 0 radical (unpaired) electrons. The summed E-state index contributed by atoms with van der Waals surface area (Å²) in [5.74, 6) is 0.0877. The normalized spacial score (nSPS) is 15.7. The summed E-state index contributed by atoms with van der Waals surface area (Å²) in [5, 5.41) is 0. The summed E-state index contributed by atoms with van der Waals surface area (Å²) in [7, 11) is 0. The topological polar surface area (TPSA) is 34.1 Å². The largest absolute Gasteiger partial charge is 0.290 e. The molecular formula is C19H30O2. The molecule has 0 spiro atoms. The highest BCUT2D eigenvalue weighted by Crippen LogP contribution is 2.22. The number of carbonyl (C=O) groups excluding carboxylic acids is 2. The van der Waals surface area contributed by atoms with Gasteiger partial charge in [-0.15, -0.1) is 0 Å². The zero-order valence-corrected chi connectivity index (χ0v) is 14.0. The lowest BCUT2D eigenvalue weighted by atomic mass is 9.88. The van der Waals surface area contributed by atoms with Crippen molar-refractivity contribution >= 4 is 11.6 Å². The molecule has 0 heterocycles. The Bertz CT molecular complexity index is 427. The predicted molar refractivity (Wildman–Crippen MR) is 88.3 cm³/mol. The molecule has 118 valence electrons. The van der Waals surface area contributed by atoms with Gasteiger partial charge in [-0.3, -0.25) is 9.59 Å². The van der Waals surface area contributed by atoms with Crippen LogP contribution in [0, 0.1) is 0 Å². The summed E-state index contributed by atoms with van der Waals surface area (Å²) < 4.78 is 0. The first-order valence-electron chi connectivity index (χ1n) is 8.55. The molecule has 0 aromatic heterocycles. The average Bonchev–Trinajstić information content (AvgIpc) is 2.48. The molecule has 0 bridgehead atoms. The van der Waals surface area contributed by atoms with Crippen molar-refractivity contribution < 1.29 is 9.59 Å². The number of hydrogen-bond acceptors (Lipinski definition) is 2. The van der Waals surface area contributed by atoms with Crippen LogP contribution in [0.15, 0.2) is 22.8 Å². The van der Waals surface area contributed by atoms with E-state index in [4.69, 9.17) is 0 Å². The Labute approximate surface area is 129 Å². The second-order valence-corrected chi connectivity index (χ2v) is 6.19. The van der Waals surface area contributed by atoms with Crippen molar-refractivity contribution in [2.45, 2.75) is 85.0 Å². The molecule has 0 saturated heterocycles. The van der Waals surface area contributed by atoms with Gasteiger partial charge in [0.1, 0.15) is 0 Å². The van der Waals surface area contributed by atoms with Gasteiger partial charge in [-0.25, -0.2) is 0 Å². The van der Waals surface area contributed by atoms with E-state index in [1.165, 1.54) is 44.9 Å². The van der Waals surface area contributed by atoms with Crippen molar-refractivity contribution in [1.82, 2.24) is 0 Å². The van der Waals surface area contributed by atoms with E-state index in [0.717, 1.165) is 19.3 Å². The van der Waals surface area contributed by atoms with Gasteiger partial charge in [0.2, 0.25) is 0 Å². The zero-order chi connectivity index (χ0) is 15.7. The monoisotopic (exact) mass is 290 g/mol. The van der Waals surface area contributed by atoms with Gasteiger partial charge in [-0.05, 0) is 32.8 Å². The summed E-state index contributed by atoms with van der Waals surface area (Å²) >= 11 is 0. The number of Topliss-reactive ketones (excluding diaryl/α,β-unsaturated/α-hetero) is 1. The van der Waals surface area contributed by atoms with Crippen molar-refractivity contribution in [3.05, 3.63) is 22.8 Å². The van der Waals surface area contributed by atoms with Crippen molar-refractivity contribution in [3.63, 3.8) is 0 Å². The minimum atomic E-state index is 0.0121. The van der Waals surface area contributed by atoms with Crippen LogP contribution in [-0.4, -0.2) is 11.6 Å². The number of ketones is 2. The van der Waals surface area contributed by atoms with Crippen molar-refractivity contribution in [2.75, 3.05) is 0 Å². The Balaban J connectivity index is 2.15. The highest BCUT2D eigenvalue weighted by atomic mass is 16.1. The van der Waals surface area contributed by atoms with E-state index in [9.17, 15) is 9.59 Å². The molecule has 0 aromatic carbocycles.